The summed E-state index contributed by atoms with van der Waals surface area (Å²) in [5, 5.41) is 37.6. The molecule has 0 saturated carbocycles. The second-order valence-corrected chi connectivity index (χ2v) is 8.76. The molecule has 0 aliphatic heterocycles. The molecule has 0 aliphatic rings. The Balaban J connectivity index is 0.000000280. The second-order valence-electron chi connectivity index (χ2n) is 8.76. The molecular weight excluding hydrogens is 572 g/mol. The van der Waals surface area contributed by atoms with E-state index in [9.17, 15) is 30.0 Å². The monoisotopic (exact) mass is 601 g/mol. The molecule has 0 heterocycles. The Morgan fingerprint density at radius 3 is 1.20 bits per heavy atom. The minimum absolute atomic E-state index is 0. The van der Waals surface area contributed by atoms with Gasteiger partial charge in [0.1, 0.15) is 11.5 Å². The van der Waals surface area contributed by atoms with E-state index in [1.807, 2.05) is 60.7 Å². The normalized spacial score (nSPS) is 12.1. The summed E-state index contributed by atoms with van der Waals surface area (Å²) in [6.45, 7) is 0. The van der Waals surface area contributed by atoms with Crippen molar-refractivity contribution in [1.29, 1.82) is 0 Å². The van der Waals surface area contributed by atoms with Crippen LogP contribution >= 0.6 is 0 Å². The summed E-state index contributed by atoms with van der Waals surface area (Å²) in [4.78, 5) is 30.6. The van der Waals surface area contributed by atoms with Crippen molar-refractivity contribution in [3.05, 3.63) is 131 Å². The second kappa shape index (κ2) is 17.1. The molecule has 2 atom stereocenters. The minimum Gasteiger partial charge on any atom is -0.507 e. The summed E-state index contributed by atoms with van der Waals surface area (Å²) in [6.07, 6.45) is 3.44. The molecule has 41 heavy (non-hydrogen) atoms. The van der Waals surface area contributed by atoms with E-state index in [4.69, 9.17) is 0 Å². The molecule has 4 N–H and O–H groups in total. The van der Waals surface area contributed by atoms with Crippen molar-refractivity contribution < 1.29 is 47.1 Å². The van der Waals surface area contributed by atoms with Crippen LogP contribution in [0.4, 0.5) is 0 Å². The SMILES string of the molecule is O=C(O)C(Cc1ccccc1)N=Cc1ccccc1O.O=C(O)C(Cc1ccccc1)N=Cc1ccccc1O.[Cu]. The zero-order chi connectivity index (χ0) is 28.7. The molecule has 0 amide bonds. The first-order valence-corrected chi connectivity index (χ1v) is 12.5. The summed E-state index contributed by atoms with van der Waals surface area (Å²) in [5.41, 5.74) is 2.84. The fourth-order valence-electron chi connectivity index (χ4n) is 3.62. The molecule has 4 aromatic carbocycles. The first kappa shape index (κ1) is 32.5. The van der Waals surface area contributed by atoms with Crippen molar-refractivity contribution >= 4 is 24.4 Å². The van der Waals surface area contributed by atoms with Crippen molar-refractivity contribution in [2.75, 3.05) is 0 Å². The summed E-state index contributed by atoms with van der Waals surface area (Å²) in [6, 6.07) is 30.3. The number of hydrogen-bond donors (Lipinski definition) is 4. The number of nitrogens with zero attached hydrogens (tertiary/aromatic N) is 2. The van der Waals surface area contributed by atoms with E-state index >= 15 is 0 Å². The van der Waals surface area contributed by atoms with Crippen LogP contribution in [0.15, 0.2) is 119 Å². The molecule has 2 unspecified atom stereocenters. The Morgan fingerprint density at radius 1 is 0.561 bits per heavy atom. The Morgan fingerprint density at radius 2 is 0.878 bits per heavy atom. The molecule has 4 rings (SSSR count). The topological polar surface area (TPSA) is 140 Å². The molecule has 1 radical (unpaired) electrons. The molecule has 0 saturated heterocycles. The largest absolute Gasteiger partial charge is 0.507 e. The van der Waals surface area contributed by atoms with E-state index in [1.165, 1.54) is 24.6 Å². The predicted octanol–water partition coefficient (Wildman–Crippen LogP) is 5.01. The van der Waals surface area contributed by atoms with Crippen LogP contribution in [0, 0.1) is 0 Å². The number of aliphatic imine (C=N–C) groups is 2. The molecule has 0 aliphatic carbocycles. The smallest absolute Gasteiger partial charge is 0.328 e. The van der Waals surface area contributed by atoms with E-state index in [2.05, 4.69) is 9.98 Å². The number of carboxylic acid groups (broad SMARTS) is 2. The van der Waals surface area contributed by atoms with Gasteiger partial charge in [0, 0.05) is 53.5 Å². The van der Waals surface area contributed by atoms with E-state index in [0.29, 0.717) is 24.0 Å². The number of carboxylic acids is 2. The maximum atomic E-state index is 11.2. The van der Waals surface area contributed by atoms with Crippen molar-refractivity contribution in [1.82, 2.24) is 0 Å². The van der Waals surface area contributed by atoms with Gasteiger partial charge in [-0.05, 0) is 35.4 Å². The zero-order valence-electron chi connectivity index (χ0n) is 21.9. The Labute approximate surface area is 248 Å². The molecule has 0 aromatic heterocycles. The van der Waals surface area contributed by atoms with Crippen LogP contribution in [0.2, 0.25) is 0 Å². The molecule has 0 bridgehead atoms. The number of aromatic hydroxyl groups is 2. The zero-order valence-corrected chi connectivity index (χ0v) is 22.9. The number of phenolic OH excluding ortho intramolecular Hbond substituents is 2. The van der Waals surface area contributed by atoms with Gasteiger partial charge in [0.05, 0.1) is 0 Å². The van der Waals surface area contributed by atoms with Crippen LogP contribution < -0.4 is 0 Å². The average molecular weight is 602 g/mol. The van der Waals surface area contributed by atoms with E-state index in [0.717, 1.165) is 11.1 Å². The molecule has 9 heteroatoms. The third kappa shape index (κ3) is 11.1. The number of carbonyl (C=O) groups is 2. The summed E-state index contributed by atoms with van der Waals surface area (Å²) < 4.78 is 0. The van der Waals surface area contributed by atoms with Gasteiger partial charge in [0.15, 0.2) is 12.1 Å². The summed E-state index contributed by atoms with van der Waals surface area (Å²) in [5.74, 6) is -1.80. The summed E-state index contributed by atoms with van der Waals surface area (Å²) >= 11 is 0. The third-order valence-electron chi connectivity index (χ3n) is 5.77. The van der Waals surface area contributed by atoms with Crippen LogP contribution in [0.1, 0.15) is 22.3 Å². The van der Waals surface area contributed by atoms with Crippen LogP contribution in [-0.2, 0) is 39.5 Å². The number of benzene rings is 4. The fourth-order valence-corrected chi connectivity index (χ4v) is 3.62. The maximum absolute atomic E-state index is 11.2. The standard InChI is InChI=1S/2C16H15NO3.Cu/c2*18-15-9-5-4-8-13(15)11-17-14(16(19)20)10-12-6-2-1-3-7-12;/h2*1-9,11,14,18H,10H2,(H,19,20);. The quantitative estimate of drug-likeness (QED) is 0.149. The van der Waals surface area contributed by atoms with Crippen molar-refractivity contribution in [3.8, 4) is 11.5 Å². The predicted molar refractivity (Wildman–Crippen MR) is 155 cm³/mol. The molecule has 0 fully saturated rings. The van der Waals surface area contributed by atoms with Crippen LogP contribution in [0.5, 0.6) is 11.5 Å². The van der Waals surface area contributed by atoms with Crippen molar-refractivity contribution in [2.45, 2.75) is 24.9 Å². The van der Waals surface area contributed by atoms with Crippen LogP contribution in [0.25, 0.3) is 0 Å². The molecule has 215 valence electrons. The van der Waals surface area contributed by atoms with Crippen molar-refractivity contribution in [3.63, 3.8) is 0 Å². The van der Waals surface area contributed by atoms with Gasteiger partial charge in [-0.1, -0.05) is 84.9 Å². The first-order valence-electron chi connectivity index (χ1n) is 12.5. The van der Waals surface area contributed by atoms with E-state index < -0.39 is 24.0 Å². The van der Waals surface area contributed by atoms with Gasteiger partial charge in [-0.25, -0.2) is 9.59 Å². The molecular formula is C32H30CuN2O6. The van der Waals surface area contributed by atoms with E-state index in [-0.39, 0.29) is 28.6 Å². The van der Waals surface area contributed by atoms with Crippen molar-refractivity contribution in [2.24, 2.45) is 9.98 Å². The number of phenols is 2. The molecule has 4 aromatic rings. The van der Waals surface area contributed by atoms with Gasteiger partial charge in [0.25, 0.3) is 0 Å². The Bertz CT molecular complexity index is 1330. The fraction of sp³-hybridized carbons (Fsp3) is 0.125. The molecule has 0 spiro atoms. The maximum Gasteiger partial charge on any atom is 0.328 e. The third-order valence-corrected chi connectivity index (χ3v) is 5.77. The number of rotatable bonds is 10. The van der Waals surface area contributed by atoms with Gasteiger partial charge < -0.3 is 20.4 Å². The van der Waals surface area contributed by atoms with Crippen LogP contribution in [0.3, 0.4) is 0 Å². The number of para-hydroxylation sites is 2. The minimum atomic E-state index is -0.986. The number of hydrogen-bond acceptors (Lipinski definition) is 6. The Kier molecular flexibility index (Phi) is 13.5. The first-order chi connectivity index (χ1) is 19.3. The van der Waals surface area contributed by atoms with Gasteiger partial charge in [-0.3, -0.25) is 9.98 Å². The van der Waals surface area contributed by atoms with Crippen LogP contribution in [-0.4, -0.2) is 56.9 Å². The van der Waals surface area contributed by atoms with Gasteiger partial charge in [0.2, 0.25) is 0 Å². The summed E-state index contributed by atoms with van der Waals surface area (Å²) in [7, 11) is 0. The van der Waals surface area contributed by atoms with Gasteiger partial charge in [-0.15, -0.1) is 0 Å². The van der Waals surface area contributed by atoms with Gasteiger partial charge >= 0.3 is 11.9 Å². The van der Waals surface area contributed by atoms with E-state index in [1.54, 1.807) is 36.4 Å². The van der Waals surface area contributed by atoms with Gasteiger partial charge in [-0.2, -0.15) is 0 Å². The average Bonchev–Trinajstić information content (AvgIpc) is 2.96. The molecule has 8 nitrogen and oxygen atoms in total. The number of aliphatic carboxylic acids is 2. The Hall–Kier alpha value is -4.72.